The molecule has 2 N–H and O–H groups in total. The molecule has 0 saturated carbocycles. The van der Waals surface area contributed by atoms with Crippen molar-refractivity contribution in [3.63, 3.8) is 0 Å². The van der Waals surface area contributed by atoms with E-state index in [1.165, 1.54) is 11.6 Å². The Bertz CT molecular complexity index is 662. The normalized spacial score (nSPS) is 12.0. The van der Waals surface area contributed by atoms with Gasteiger partial charge in [0.15, 0.2) is 0 Å². The quantitative estimate of drug-likeness (QED) is 0.842. The molecular formula is C11H16N4O3S2. The highest BCUT2D eigenvalue weighted by molar-refractivity contribution is 7.93. The number of aryl methyl sites for hydroxylation is 1. The summed E-state index contributed by atoms with van der Waals surface area (Å²) in [5.74, 6) is 0.927. The van der Waals surface area contributed by atoms with Crippen LogP contribution >= 0.6 is 11.3 Å². The van der Waals surface area contributed by atoms with Crippen LogP contribution in [0.2, 0.25) is 0 Å². The third-order valence-electron chi connectivity index (χ3n) is 2.48. The van der Waals surface area contributed by atoms with Crippen LogP contribution in [0.3, 0.4) is 0 Å². The summed E-state index contributed by atoms with van der Waals surface area (Å²) >= 11 is 1.12. The average molecular weight is 316 g/mol. The van der Waals surface area contributed by atoms with Crippen LogP contribution in [-0.4, -0.2) is 24.7 Å². The van der Waals surface area contributed by atoms with Gasteiger partial charge in [-0.3, -0.25) is 4.72 Å². The van der Waals surface area contributed by atoms with Crippen molar-refractivity contribution in [3.05, 3.63) is 23.1 Å². The van der Waals surface area contributed by atoms with E-state index in [0.29, 0.717) is 24.1 Å². The van der Waals surface area contributed by atoms with Crippen molar-refractivity contribution in [2.45, 2.75) is 38.3 Å². The number of furan rings is 1. The predicted octanol–water partition coefficient (Wildman–Crippen LogP) is 1.74. The first-order valence-corrected chi connectivity index (χ1v) is 8.36. The molecule has 0 amide bonds. The van der Waals surface area contributed by atoms with Crippen molar-refractivity contribution >= 4 is 26.5 Å². The summed E-state index contributed by atoms with van der Waals surface area (Å²) < 4.78 is 32.3. The predicted molar refractivity (Wildman–Crippen MR) is 76.1 cm³/mol. The Labute approximate surface area is 121 Å². The molecule has 2 rings (SSSR count). The first kappa shape index (κ1) is 14.9. The van der Waals surface area contributed by atoms with Gasteiger partial charge < -0.3 is 9.73 Å². The minimum absolute atomic E-state index is 0.119. The molecule has 2 heterocycles. The molecule has 0 aliphatic heterocycles. The zero-order chi connectivity index (χ0) is 14.8. The molecule has 0 aromatic carbocycles. The van der Waals surface area contributed by atoms with Crippen LogP contribution in [0.25, 0.3) is 0 Å². The second-order valence-electron chi connectivity index (χ2n) is 4.52. The smallest absolute Gasteiger partial charge is 0.267 e. The molecule has 7 nitrogen and oxygen atoms in total. The molecule has 0 atom stereocenters. The summed E-state index contributed by atoms with van der Waals surface area (Å²) in [7, 11) is -3.70. The van der Waals surface area contributed by atoms with Gasteiger partial charge in [-0.15, -0.1) is 10.2 Å². The number of rotatable bonds is 6. The van der Waals surface area contributed by atoms with Crippen molar-refractivity contribution in [1.82, 2.24) is 15.5 Å². The van der Waals surface area contributed by atoms with Crippen LogP contribution in [0.1, 0.15) is 25.4 Å². The molecule has 2 aromatic rings. The second-order valence-corrected chi connectivity index (χ2v) is 7.00. The van der Waals surface area contributed by atoms with E-state index in [1.807, 2.05) is 13.8 Å². The molecule has 0 spiro atoms. The maximum atomic E-state index is 12.2. The summed E-state index contributed by atoms with van der Waals surface area (Å²) in [4.78, 5) is 0.119. The van der Waals surface area contributed by atoms with Crippen LogP contribution in [0.4, 0.5) is 5.13 Å². The Morgan fingerprint density at radius 1 is 1.45 bits per heavy atom. The first-order chi connectivity index (χ1) is 9.38. The zero-order valence-corrected chi connectivity index (χ0v) is 13.0. The van der Waals surface area contributed by atoms with Crippen molar-refractivity contribution < 1.29 is 12.8 Å². The third kappa shape index (κ3) is 3.56. The van der Waals surface area contributed by atoms with E-state index >= 15 is 0 Å². The summed E-state index contributed by atoms with van der Waals surface area (Å²) in [5.41, 5.74) is 1.46. The van der Waals surface area contributed by atoms with E-state index in [9.17, 15) is 8.42 Å². The van der Waals surface area contributed by atoms with Crippen molar-refractivity contribution in [3.8, 4) is 0 Å². The van der Waals surface area contributed by atoms with Crippen LogP contribution in [0, 0.1) is 6.92 Å². The lowest BCUT2D eigenvalue weighted by atomic mass is 10.3. The maximum Gasteiger partial charge on any atom is 0.267 e. The van der Waals surface area contributed by atoms with Gasteiger partial charge in [0.25, 0.3) is 10.0 Å². The lowest BCUT2D eigenvalue weighted by Crippen LogP contribution is -2.21. The van der Waals surface area contributed by atoms with Gasteiger partial charge in [-0.05, 0) is 6.92 Å². The Kier molecular flexibility index (Phi) is 4.41. The number of nitrogens with zero attached hydrogens (tertiary/aromatic N) is 2. The fourth-order valence-electron chi connectivity index (χ4n) is 1.57. The fourth-order valence-corrected chi connectivity index (χ4v) is 3.47. The largest absolute Gasteiger partial charge is 0.464 e. The Morgan fingerprint density at radius 2 is 2.20 bits per heavy atom. The summed E-state index contributed by atoms with van der Waals surface area (Å²) in [6, 6.07) is 1.81. The molecular weight excluding hydrogens is 300 g/mol. The van der Waals surface area contributed by atoms with Crippen LogP contribution in [0.5, 0.6) is 0 Å². The van der Waals surface area contributed by atoms with Gasteiger partial charge in [0.05, 0.1) is 6.54 Å². The molecule has 20 heavy (non-hydrogen) atoms. The van der Waals surface area contributed by atoms with Gasteiger partial charge in [-0.2, -0.15) is 0 Å². The molecule has 0 saturated heterocycles. The third-order valence-corrected chi connectivity index (χ3v) is 4.66. The van der Waals surface area contributed by atoms with Gasteiger partial charge >= 0.3 is 0 Å². The molecule has 0 fully saturated rings. The van der Waals surface area contributed by atoms with Crippen LogP contribution < -0.4 is 10.0 Å². The van der Waals surface area contributed by atoms with Gasteiger partial charge in [-0.25, -0.2) is 8.42 Å². The molecule has 0 radical (unpaired) electrons. The second kappa shape index (κ2) is 5.90. The Balaban J connectivity index is 2.19. The van der Waals surface area contributed by atoms with Crippen LogP contribution in [0.15, 0.2) is 20.9 Å². The summed E-state index contributed by atoms with van der Waals surface area (Å²) in [5, 5.41) is 10.6. The molecule has 9 heteroatoms. The highest BCUT2D eigenvalue weighted by atomic mass is 32.2. The number of sulfonamides is 1. The standard InChI is InChI=1S/C11H16N4O3S2/c1-7(2)12-5-9-4-10(8(3)18-9)20(16,17)15-11-14-13-6-19-11/h4,6-7,12H,5H2,1-3H3,(H,14,15). The van der Waals surface area contributed by atoms with E-state index in [0.717, 1.165) is 11.3 Å². The molecule has 0 bridgehead atoms. The zero-order valence-electron chi connectivity index (χ0n) is 11.4. The SMILES string of the molecule is Cc1oc(CNC(C)C)cc1S(=O)(=O)Nc1nncs1. The molecule has 110 valence electrons. The maximum absolute atomic E-state index is 12.2. The van der Waals surface area contributed by atoms with E-state index in [1.54, 1.807) is 6.92 Å². The van der Waals surface area contributed by atoms with Gasteiger partial charge in [0.1, 0.15) is 21.9 Å². The van der Waals surface area contributed by atoms with Gasteiger partial charge in [0, 0.05) is 12.1 Å². The van der Waals surface area contributed by atoms with Crippen molar-refractivity contribution in [2.24, 2.45) is 0 Å². The minimum Gasteiger partial charge on any atom is -0.464 e. The monoisotopic (exact) mass is 316 g/mol. The lowest BCUT2D eigenvalue weighted by molar-refractivity contribution is 0.444. The number of aromatic nitrogens is 2. The number of hydrogen-bond acceptors (Lipinski definition) is 7. The first-order valence-electron chi connectivity index (χ1n) is 6.00. The highest BCUT2D eigenvalue weighted by Crippen LogP contribution is 2.23. The Hall–Kier alpha value is -1.45. The van der Waals surface area contributed by atoms with Crippen molar-refractivity contribution in [2.75, 3.05) is 4.72 Å². The summed E-state index contributed by atoms with van der Waals surface area (Å²) in [6.07, 6.45) is 0. The topological polar surface area (TPSA) is 97.1 Å². The highest BCUT2D eigenvalue weighted by Gasteiger charge is 2.22. The fraction of sp³-hybridized carbons (Fsp3) is 0.455. The summed E-state index contributed by atoms with van der Waals surface area (Å²) in [6.45, 7) is 6.11. The van der Waals surface area contributed by atoms with Crippen LogP contribution in [-0.2, 0) is 16.6 Å². The molecule has 0 unspecified atom stereocenters. The molecule has 2 aromatic heterocycles. The van der Waals surface area contributed by atoms with E-state index in [-0.39, 0.29) is 10.0 Å². The van der Waals surface area contributed by atoms with E-state index in [4.69, 9.17) is 4.42 Å². The Morgan fingerprint density at radius 3 is 2.80 bits per heavy atom. The number of anilines is 1. The van der Waals surface area contributed by atoms with Gasteiger partial charge in [-0.1, -0.05) is 25.2 Å². The van der Waals surface area contributed by atoms with E-state index in [2.05, 4.69) is 20.2 Å². The minimum atomic E-state index is -3.70. The lowest BCUT2D eigenvalue weighted by Gasteiger charge is -2.04. The van der Waals surface area contributed by atoms with Gasteiger partial charge in [0.2, 0.25) is 5.13 Å². The number of hydrogen-bond donors (Lipinski definition) is 2. The van der Waals surface area contributed by atoms with Crippen molar-refractivity contribution in [1.29, 1.82) is 0 Å². The molecule has 0 aliphatic carbocycles. The molecule has 0 aliphatic rings. The van der Waals surface area contributed by atoms with E-state index < -0.39 is 10.0 Å². The number of nitrogens with one attached hydrogen (secondary N) is 2. The average Bonchev–Trinajstić information content (AvgIpc) is 2.95.